The molecule has 3 fully saturated rings. The van der Waals surface area contributed by atoms with Gasteiger partial charge < -0.3 is 10.2 Å². The number of carbonyl (C=O) groups is 1. The minimum Gasteiger partial charge on any atom is -0.343 e. The van der Waals surface area contributed by atoms with E-state index in [0.717, 1.165) is 25.2 Å². The van der Waals surface area contributed by atoms with E-state index in [0.29, 0.717) is 30.0 Å². The van der Waals surface area contributed by atoms with Gasteiger partial charge in [-0.2, -0.15) is 0 Å². The van der Waals surface area contributed by atoms with Crippen molar-refractivity contribution in [3.63, 3.8) is 0 Å². The maximum absolute atomic E-state index is 12.6. The van der Waals surface area contributed by atoms with Crippen LogP contribution >= 0.6 is 0 Å². The summed E-state index contributed by atoms with van der Waals surface area (Å²) in [6, 6.07) is 1.81. The summed E-state index contributed by atoms with van der Waals surface area (Å²) in [4.78, 5) is 14.7. The standard InChI is InChI=1S/C18H32N2O/c1-13(14-6-4-3-5-7-14)10-18(21)20(2)17-11-15-8-9-16(12-17)19-15/h13-17,19H,3-12H2,1-2H3. The van der Waals surface area contributed by atoms with Crippen LogP contribution in [0.4, 0.5) is 0 Å². The molecule has 3 atom stereocenters. The fraction of sp³-hybridized carbons (Fsp3) is 0.944. The first-order chi connectivity index (χ1) is 10.1. The number of hydrogen-bond donors (Lipinski definition) is 1. The van der Waals surface area contributed by atoms with Crippen LogP contribution in [0.15, 0.2) is 0 Å². The van der Waals surface area contributed by atoms with E-state index in [-0.39, 0.29) is 0 Å². The Morgan fingerprint density at radius 2 is 1.71 bits per heavy atom. The largest absolute Gasteiger partial charge is 0.343 e. The Hall–Kier alpha value is -0.570. The summed E-state index contributed by atoms with van der Waals surface area (Å²) >= 11 is 0. The predicted octanol–water partition coefficient (Wildman–Crippen LogP) is 3.33. The Labute approximate surface area is 129 Å². The highest BCUT2D eigenvalue weighted by Crippen LogP contribution is 2.33. The molecule has 2 heterocycles. The monoisotopic (exact) mass is 292 g/mol. The van der Waals surface area contributed by atoms with E-state index in [1.165, 1.54) is 44.9 Å². The molecule has 3 heteroatoms. The highest BCUT2D eigenvalue weighted by molar-refractivity contribution is 5.76. The zero-order valence-electron chi connectivity index (χ0n) is 13.8. The van der Waals surface area contributed by atoms with Gasteiger partial charge in [-0.05, 0) is 37.5 Å². The minimum atomic E-state index is 0.388. The Bertz CT molecular complexity index is 352. The summed E-state index contributed by atoms with van der Waals surface area (Å²) in [7, 11) is 2.05. The molecule has 2 aliphatic heterocycles. The van der Waals surface area contributed by atoms with Gasteiger partial charge in [0, 0.05) is 31.6 Å². The summed E-state index contributed by atoms with van der Waals surface area (Å²) in [6.07, 6.45) is 12.5. The van der Waals surface area contributed by atoms with E-state index >= 15 is 0 Å². The lowest BCUT2D eigenvalue weighted by Gasteiger charge is -2.36. The molecule has 21 heavy (non-hydrogen) atoms. The first kappa shape index (κ1) is 15.3. The number of piperidine rings is 1. The van der Waals surface area contributed by atoms with Gasteiger partial charge in [0.1, 0.15) is 0 Å². The third-order valence-electron chi connectivity index (χ3n) is 6.34. The van der Waals surface area contributed by atoms with Gasteiger partial charge in [0.05, 0.1) is 0 Å². The zero-order chi connectivity index (χ0) is 14.8. The first-order valence-corrected chi connectivity index (χ1v) is 9.15. The van der Waals surface area contributed by atoms with Gasteiger partial charge in [-0.25, -0.2) is 0 Å². The zero-order valence-corrected chi connectivity index (χ0v) is 13.8. The van der Waals surface area contributed by atoms with Crippen molar-refractivity contribution < 1.29 is 4.79 Å². The lowest BCUT2D eigenvalue weighted by Crippen LogP contribution is -2.49. The first-order valence-electron chi connectivity index (χ1n) is 9.15. The molecule has 3 nitrogen and oxygen atoms in total. The van der Waals surface area contributed by atoms with Crippen molar-refractivity contribution >= 4 is 5.91 Å². The molecule has 0 aromatic carbocycles. The van der Waals surface area contributed by atoms with E-state index in [4.69, 9.17) is 0 Å². The summed E-state index contributed by atoms with van der Waals surface area (Å²) in [5.74, 6) is 1.75. The van der Waals surface area contributed by atoms with Crippen LogP contribution in [0.5, 0.6) is 0 Å². The molecule has 3 unspecified atom stereocenters. The number of rotatable bonds is 4. The van der Waals surface area contributed by atoms with Crippen LogP contribution in [0.2, 0.25) is 0 Å². The van der Waals surface area contributed by atoms with Crippen LogP contribution in [0, 0.1) is 11.8 Å². The lowest BCUT2D eigenvalue weighted by molar-refractivity contribution is -0.134. The Morgan fingerprint density at radius 3 is 2.33 bits per heavy atom. The fourth-order valence-electron chi connectivity index (χ4n) is 4.84. The molecule has 0 radical (unpaired) electrons. The second-order valence-corrected chi connectivity index (χ2v) is 7.85. The number of nitrogens with one attached hydrogen (secondary N) is 1. The molecule has 3 aliphatic rings. The molecule has 0 aromatic rings. The average molecular weight is 292 g/mol. The number of hydrogen-bond acceptors (Lipinski definition) is 2. The summed E-state index contributed by atoms with van der Waals surface area (Å²) in [5.41, 5.74) is 0. The third kappa shape index (κ3) is 3.61. The number of nitrogens with zero attached hydrogens (tertiary/aromatic N) is 1. The van der Waals surface area contributed by atoms with Crippen LogP contribution in [0.25, 0.3) is 0 Å². The average Bonchev–Trinajstić information content (AvgIpc) is 2.85. The predicted molar refractivity (Wildman–Crippen MR) is 86.1 cm³/mol. The molecule has 1 N–H and O–H groups in total. The van der Waals surface area contributed by atoms with Crippen LogP contribution in [-0.4, -0.2) is 36.0 Å². The Morgan fingerprint density at radius 1 is 1.10 bits per heavy atom. The molecular formula is C18H32N2O. The summed E-state index contributed by atoms with van der Waals surface area (Å²) in [6.45, 7) is 2.30. The molecule has 1 saturated carbocycles. The van der Waals surface area contributed by atoms with Crippen molar-refractivity contribution in [2.75, 3.05) is 7.05 Å². The van der Waals surface area contributed by atoms with Gasteiger partial charge >= 0.3 is 0 Å². The maximum atomic E-state index is 12.6. The molecule has 0 aromatic heterocycles. The van der Waals surface area contributed by atoms with Crippen molar-refractivity contribution in [1.82, 2.24) is 10.2 Å². The van der Waals surface area contributed by atoms with E-state index in [1.807, 2.05) is 7.05 Å². The van der Waals surface area contributed by atoms with Gasteiger partial charge in [-0.15, -0.1) is 0 Å². The van der Waals surface area contributed by atoms with Crippen LogP contribution in [-0.2, 0) is 4.79 Å². The SMILES string of the molecule is CC(CC(=O)N(C)C1CC2CCC(C1)N2)C1CCCCC1. The quantitative estimate of drug-likeness (QED) is 0.862. The molecule has 1 aliphatic carbocycles. The topological polar surface area (TPSA) is 32.3 Å². The molecule has 120 valence electrons. The number of carbonyl (C=O) groups excluding carboxylic acids is 1. The highest BCUT2D eigenvalue weighted by atomic mass is 16.2. The van der Waals surface area contributed by atoms with Crippen molar-refractivity contribution in [3.8, 4) is 0 Å². The van der Waals surface area contributed by atoms with Crippen LogP contribution in [0.3, 0.4) is 0 Å². The third-order valence-corrected chi connectivity index (χ3v) is 6.34. The van der Waals surface area contributed by atoms with Gasteiger partial charge in [-0.1, -0.05) is 39.0 Å². The molecule has 3 rings (SSSR count). The summed E-state index contributed by atoms with van der Waals surface area (Å²) in [5, 5.41) is 3.67. The molecule has 1 amide bonds. The molecule has 0 spiro atoms. The van der Waals surface area contributed by atoms with E-state index in [9.17, 15) is 4.79 Å². The van der Waals surface area contributed by atoms with Crippen LogP contribution in [0.1, 0.15) is 71.1 Å². The lowest BCUT2D eigenvalue weighted by atomic mass is 9.79. The van der Waals surface area contributed by atoms with Gasteiger partial charge in [0.2, 0.25) is 5.91 Å². The van der Waals surface area contributed by atoms with Gasteiger partial charge in [0.15, 0.2) is 0 Å². The number of amides is 1. The highest BCUT2D eigenvalue weighted by Gasteiger charge is 2.36. The van der Waals surface area contributed by atoms with Crippen molar-refractivity contribution in [2.24, 2.45) is 11.8 Å². The molecule has 2 bridgehead atoms. The normalized spacial score (nSPS) is 34.7. The second kappa shape index (κ2) is 6.68. The number of fused-ring (bicyclic) bond motifs is 2. The summed E-state index contributed by atoms with van der Waals surface area (Å²) < 4.78 is 0. The van der Waals surface area contributed by atoms with Crippen LogP contribution < -0.4 is 5.32 Å². The van der Waals surface area contributed by atoms with Gasteiger partial charge in [-0.3, -0.25) is 4.79 Å². The second-order valence-electron chi connectivity index (χ2n) is 7.85. The van der Waals surface area contributed by atoms with Crippen molar-refractivity contribution in [1.29, 1.82) is 0 Å². The molecular weight excluding hydrogens is 260 g/mol. The van der Waals surface area contributed by atoms with E-state index in [1.54, 1.807) is 0 Å². The Balaban J connectivity index is 1.49. The van der Waals surface area contributed by atoms with Gasteiger partial charge in [0.25, 0.3) is 0 Å². The fourth-order valence-corrected chi connectivity index (χ4v) is 4.84. The smallest absolute Gasteiger partial charge is 0.222 e. The van der Waals surface area contributed by atoms with Crippen molar-refractivity contribution in [3.05, 3.63) is 0 Å². The molecule has 2 saturated heterocycles. The van der Waals surface area contributed by atoms with E-state index < -0.39 is 0 Å². The van der Waals surface area contributed by atoms with E-state index in [2.05, 4.69) is 17.1 Å². The maximum Gasteiger partial charge on any atom is 0.222 e. The van der Waals surface area contributed by atoms with Crippen molar-refractivity contribution in [2.45, 2.75) is 89.3 Å². The Kier molecular flexibility index (Phi) is 4.88. The minimum absolute atomic E-state index is 0.388.